The normalized spacial score (nSPS) is 17.5. The lowest BCUT2D eigenvalue weighted by atomic mass is 9.98. The average molecular weight is 323 g/mol. The predicted molar refractivity (Wildman–Crippen MR) is 96.1 cm³/mol. The Morgan fingerprint density at radius 3 is 2.67 bits per heavy atom. The molecule has 126 valence electrons. The molecule has 0 saturated carbocycles. The highest BCUT2D eigenvalue weighted by atomic mass is 16.5. The van der Waals surface area contributed by atoms with Crippen LogP contribution >= 0.6 is 0 Å². The van der Waals surface area contributed by atoms with Crippen molar-refractivity contribution >= 4 is 5.91 Å². The van der Waals surface area contributed by atoms with Crippen LogP contribution < -0.4 is 4.74 Å². The molecule has 1 heterocycles. The molecule has 0 spiro atoms. The summed E-state index contributed by atoms with van der Waals surface area (Å²) in [6, 6.07) is 18.1. The van der Waals surface area contributed by atoms with Gasteiger partial charge in [-0.3, -0.25) is 4.79 Å². The Bertz CT molecular complexity index is 669. The molecule has 2 aromatic carbocycles. The quantitative estimate of drug-likeness (QED) is 0.836. The molecule has 3 heteroatoms. The van der Waals surface area contributed by atoms with Crippen LogP contribution in [0.2, 0.25) is 0 Å². The Morgan fingerprint density at radius 2 is 1.88 bits per heavy atom. The maximum Gasteiger partial charge on any atom is 0.227 e. The number of carbonyl (C=O) groups is 1. The monoisotopic (exact) mass is 323 g/mol. The van der Waals surface area contributed by atoms with E-state index < -0.39 is 0 Å². The average Bonchev–Trinajstić information content (AvgIpc) is 2.62. The molecule has 1 aliphatic rings. The zero-order chi connectivity index (χ0) is 16.8. The van der Waals surface area contributed by atoms with Crippen molar-refractivity contribution in [3.8, 4) is 5.75 Å². The van der Waals surface area contributed by atoms with Crippen molar-refractivity contribution in [2.75, 3.05) is 19.7 Å². The highest BCUT2D eigenvalue weighted by molar-refractivity contribution is 5.78. The molecule has 1 fully saturated rings. The minimum Gasteiger partial charge on any atom is -0.493 e. The number of piperidine rings is 1. The fourth-order valence-corrected chi connectivity index (χ4v) is 3.24. The second kappa shape index (κ2) is 8.00. The van der Waals surface area contributed by atoms with Gasteiger partial charge in [-0.15, -0.1) is 0 Å². The maximum atomic E-state index is 12.5. The number of para-hydroxylation sites is 1. The van der Waals surface area contributed by atoms with E-state index in [-0.39, 0.29) is 5.91 Å². The number of likely N-dealkylation sites (tertiary alicyclic amines) is 1. The van der Waals surface area contributed by atoms with Crippen molar-refractivity contribution in [1.82, 2.24) is 4.90 Å². The van der Waals surface area contributed by atoms with E-state index in [0.717, 1.165) is 42.8 Å². The van der Waals surface area contributed by atoms with Gasteiger partial charge in [0.1, 0.15) is 5.75 Å². The third-order valence-corrected chi connectivity index (χ3v) is 4.64. The van der Waals surface area contributed by atoms with Crippen molar-refractivity contribution in [2.24, 2.45) is 5.92 Å². The molecule has 1 aliphatic heterocycles. The minimum atomic E-state index is 0.224. The van der Waals surface area contributed by atoms with Crippen LogP contribution in [0, 0.1) is 12.8 Å². The van der Waals surface area contributed by atoms with Crippen molar-refractivity contribution < 1.29 is 9.53 Å². The Hall–Kier alpha value is -2.29. The molecule has 0 bridgehead atoms. The molecule has 0 aromatic heterocycles. The van der Waals surface area contributed by atoms with E-state index >= 15 is 0 Å². The zero-order valence-electron chi connectivity index (χ0n) is 14.3. The molecule has 0 radical (unpaired) electrons. The molecule has 1 unspecified atom stereocenters. The maximum absolute atomic E-state index is 12.5. The van der Waals surface area contributed by atoms with Gasteiger partial charge in [-0.05, 0) is 37.0 Å². The first-order valence-electron chi connectivity index (χ1n) is 8.72. The largest absolute Gasteiger partial charge is 0.493 e. The summed E-state index contributed by atoms with van der Waals surface area (Å²) >= 11 is 0. The van der Waals surface area contributed by atoms with E-state index in [2.05, 4.69) is 13.0 Å². The molecule has 2 aromatic rings. The molecule has 3 rings (SSSR count). The number of hydrogen-bond acceptors (Lipinski definition) is 2. The van der Waals surface area contributed by atoms with Crippen LogP contribution in [0.25, 0.3) is 0 Å². The summed E-state index contributed by atoms with van der Waals surface area (Å²) in [6.45, 7) is 4.41. The number of hydrogen-bond donors (Lipinski definition) is 0. The van der Waals surface area contributed by atoms with Gasteiger partial charge in [0.15, 0.2) is 0 Å². The topological polar surface area (TPSA) is 29.5 Å². The highest BCUT2D eigenvalue weighted by Gasteiger charge is 2.24. The summed E-state index contributed by atoms with van der Waals surface area (Å²) in [4.78, 5) is 14.5. The van der Waals surface area contributed by atoms with Gasteiger partial charge in [-0.2, -0.15) is 0 Å². The van der Waals surface area contributed by atoms with Crippen LogP contribution in [-0.4, -0.2) is 30.5 Å². The Balaban J connectivity index is 1.52. The lowest BCUT2D eigenvalue weighted by Gasteiger charge is -2.33. The molecule has 1 amide bonds. The molecule has 1 saturated heterocycles. The van der Waals surface area contributed by atoms with E-state index in [1.165, 1.54) is 0 Å². The number of nitrogens with zero attached hydrogens (tertiary/aromatic N) is 1. The Morgan fingerprint density at radius 1 is 1.12 bits per heavy atom. The van der Waals surface area contributed by atoms with Gasteiger partial charge in [-0.25, -0.2) is 0 Å². The van der Waals surface area contributed by atoms with E-state index in [4.69, 9.17) is 4.74 Å². The molecule has 0 N–H and O–H groups in total. The predicted octanol–water partition coefficient (Wildman–Crippen LogP) is 3.86. The van der Waals surface area contributed by atoms with Crippen molar-refractivity contribution in [3.63, 3.8) is 0 Å². The second-order valence-corrected chi connectivity index (χ2v) is 6.59. The minimum absolute atomic E-state index is 0.224. The summed E-state index contributed by atoms with van der Waals surface area (Å²) in [7, 11) is 0. The summed E-state index contributed by atoms with van der Waals surface area (Å²) in [5.74, 6) is 1.59. The number of rotatable bonds is 5. The molecule has 3 nitrogen and oxygen atoms in total. The van der Waals surface area contributed by atoms with Gasteiger partial charge in [0.25, 0.3) is 0 Å². The third-order valence-electron chi connectivity index (χ3n) is 4.64. The SMILES string of the molecule is Cc1ccccc1OCC1CCCN(C(=O)Cc2ccccc2)C1. The molecule has 0 aliphatic carbocycles. The van der Waals surface area contributed by atoms with Gasteiger partial charge >= 0.3 is 0 Å². The van der Waals surface area contributed by atoms with Gasteiger partial charge in [0.05, 0.1) is 13.0 Å². The fourth-order valence-electron chi connectivity index (χ4n) is 3.24. The summed E-state index contributed by atoms with van der Waals surface area (Å²) < 4.78 is 5.98. The van der Waals surface area contributed by atoms with Crippen molar-refractivity contribution in [1.29, 1.82) is 0 Å². The smallest absolute Gasteiger partial charge is 0.227 e. The molecule has 24 heavy (non-hydrogen) atoms. The van der Waals surface area contributed by atoms with Crippen LogP contribution in [0.15, 0.2) is 54.6 Å². The summed E-state index contributed by atoms with van der Waals surface area (Å²) in [6.07, 6.45) is 2.68. The highest BCUT2D eigenvalue weighted by Crippen LogP contribution is 2.21. The van der Waals surface area contributed by atoms with Gasteiger partial charge < -0.3 is 9.64 Å². The second-order valence-electron chi connectivity index (χ2n) is 6.59. The number of amides is 1. The van der Waals surface area contributed by atoms with Gasteiger partial charge in [0.2, 0.25) is 5.91 Å². The van der Waals surface area contributed by atoms with Crippen LogP contribution in [0.5, 0.6) is 5.75 Å². The van der Waals surface area contributed by atoms with Crippen molar-refractivity contribution in [3.05, 3.63) is 65.7 Å². The first kappa shape index (κ1) is 16.6. The van der Waals surface area contributed by atoms with E-state index in [1.807, 2.05) is 53.4 Å². The van der Waals surface area contributed by atoms with Gasteiger partial charge in [-0.1, -0.05) is 48.5 Å². The first-order chi connectivity index (χ1) is 11.7. The lowest BCUT2D eigenvalue weighted by Crippen LogP contribution is -2.42. The molecular weight excluding hydrogens is 298 g/mol. The number of ether oxygens (including phenoxy) is 1. The summed E-state index contributed by atoms with van der Waals surface area (Å²) in [5.41, 5.74) is 2.24. The van der Waals surface area contributed by atoms with E-state index in [1.54, 1.807) is 0 Å². The van der Waals surface area contributed by atoms with Crippen LogP contribution in [-0.2, 0) is 11.2 Å². The number of carbonyl (C=O) groups excluding carboxylic acids is 1. The molecular formula is C21H25NO2. The van der Waals surface area contributed by atoms with Crippen LogP contribution in [0.1, 0.15) is 24.0 Å². The van der Waals surface area contributed by atoms with Crippen LogP contribution in [0.4, 0.5) is 0 Å². The number of benzene rings is 2. The van der Waals surface area contributed by atoms with Crippen molar-refractivity contribution in [2.45, 2.75) is 26.2 Å². The first-order valence-corrected chi connectivity index (χ1v) is 8.72. The zero-order valence-corrected chi connectivity index (χ0v) is 14.3. The number of aryl methyl sites for hydroxylation is 1. The summed E-state index contributed by atoms with van der Waals surface area (Å²) in [5, 5.41) is 0. The third kappa shape index (κ3) is 4.38. The Kier molecular flexibility index (Phi) is 5.52. The van der Waals surface area contributed by atoms with E-state index in [9.17, 15) is 4.79 Å². The standard InChI is InChI=1S/C21H25NO2/c1-17-8-5-6-12-20(17)24-16-19-11-7-13-22(15-19)21(23)14-18-9-3-2-4-10-18/h2-6,8-10,12,19H,7,11,13-16H2,1H3. The lowest BCUT2D eigenvalue weighted by molar-refractivity contribution is -0.132. The van der Waals surface area contributed by atoms with Gasteiger partial charge in [0, 0.05) is 19.0 Å². The fraction of sp³-hybridized carbons (Fsp3) is 0.381. The Labute approximate surface area is 144 Å². The molecule has 1 atom stereocenters. The van der Waals surface area contributed by atoms with E-state index in [0.29, 0.717) is 18.9 Å². The van der Waals surface area contributed by atoms with Crippen LogP contribution in [0.3, 0.4) is 0 Å².